The lowest BCUT2D eigenvalue weighted by Gasteiger charge is -2.18. The molecule has 28 heavy (non-hydrogen) atoms. The van der Waals surface area contributed by atoms with Crippen LogP contribution in [0, 0.1) is 12.3 Å². The third-order valence-electron chi connectivity index (χ3n) is 3.98. The Morgan fingerprint density at radius 3 is 2.29 bits per heavy atom. The van der Waals surface area contributed by atoms with Crippen molar-refractivity contribution in [2.75, 3.05) is 20.8 Å². The summed E-state index contributed by atoms with van der Waals surface area (Å²) in [5.41, 5.74) is 1.83. The lowest BCUT2D eigenvalue weighted by molar-refractivity contribution is 0.313. The van der Waals surface area contributed by atoms with E-state index in [9.17, 15) is 0 Å². The summed E-state index contributed by atoms with van der Waals surface area (Å²) in [4.78, 5) is 0. The summed E-state index contributed by atoms with van der Waals surface area (Å²) in [6.07, 6.45) is 9.22. The Kier molecular flexibility index (Phi) is 8.10. The van der Waals surface area contributed by atoms with Gasteiger partial charge in [-0.25, -0.2) is 0 Å². The molecule has 0 N–H and O–H groups in total. The van der Waals surface area contributed by atoms with E-state index in [2.05, 4.69) is 19.4 Å². The molecular formula is C23H25ClO4. The molecule has 0 radical (unpaired) electrons. The van der Waals surface area contributed by atoms with Crippen molar-refractivity contribution in [2.45, 2.75) is 26.2 Å². The van der Waals surface area contributed by atoms with Crippen LogP contribution in [-0.2, 0) is 12.8 Å². The van der Waals surface area contributed by atoms with Crippen LogP contribution in [-0.4, -0.2) is 20.8 Å². The van der Waals surface area contributed by atoms with E-state index in [1.165, 1.54) is 0 Å². The quantitative estimate of drug-likeness (QED) is 0.370. The van der Waals surface area contributed by atoms with E-state index >= 15 is 0 Å². The molecule has 0 amide bonds. The Balaban J connectivity index is 2.48. The molecule has 0 saturated carbocycles. The average molecular weight is 401 g/mol. The molecule has 0 aliphatic carbocycles. The van der Waals surface area contributed by atoms with E-state index in [1.807, 2.05) is 24.3 Å². The van der Waals surface area contributed by atoms with Gasteiger partial charge >= 0.3 is 0 Å². The van der Waals surface area contributed by atoms with Gasteiger partial charge in [0.05, 0.1) is 25.8 Å². The number of hydrogen-bond acceptors (Lipinski definition) is 4. The predicted octanol–water partition coefficient (Wildman–Crippen LogP) is 5.84. The maximum absolute atomic E-state index is 6.46. The minimum Gasteiger partial charge on any atom is -0.493 e. The van der Waals surface area contributed by atoms with Crippen molar-refractivity contribution >= 4 is 11.6 Å². The van der Waals surface area contributed by atoms with Gasteiger partial charge in [0.2, 0.25) is 5.75 Å². The van der Waals surface area contributed by atoms with Crippen molar-refractivity contribution in [3.63, 3.8) is 0 Å². The minimum atomic E-state index is 0.427. The van der Waals surface area contributed by atoms with Gasteiger partial charge in [-0.15, -0.1) is 18.9 Å². The van der Waals surface area contributed by atoms with Crippen molar-refractivity contribution in [1.29, 1.82) is 0 Å². The number of allylic oxidation sites excluding steroid dienone is 1. The Morgan fingerprint density at radius 2 is 1.75 bits per heavy atom. The number of rotatable bonds is 10. The number of benzene rings is 2. The largest absolute Gasteiger partial charge is 0.493 e. The van der Waals surface area contributed by atoms with Crippen LogP contribution in [0.25, 0.3) is 0 Å². The van der Waals surface area contributed by atoms with Crippen molar-refractivity contribution in [1.82, 2.24) is 0 Å². The van der Waals surface area contributed by atoms with Gasteiger partial charge in [0.15, 0.2) is 11.5 Å². The first-order valence-electron chi connectivity index (χ1n) is 9.00. The van der Waals surface area contributed by atoms with E-state index in [0.717, 1.165) is 23.3 Å². The van der Waals surface area contributed by atoms with Crippen LogP contribution in [0.2, 0.25) is 5.02 Å². The van der Waals surface area contributed by atoms with Crippen molar-refractivity contribution in [3.8, 4) is 41.1 Å². The molecule has 0 bridgehead atoms. The lowest BCUT2D eigenvalue weighted by atomic mass is 10.1. The fraction of sp³-hybridized carbons (Fsp3) is 0.304. The summed E-state index contributed by atoms with van der Waals surface area (Å²) in [7, 11) is 3.13. The zero-order chi connectivity index (χ0) is 20.5. The molecule has 2 aromatic carbocycles. The minimum absolute atomic E-state index is 0.427. The molecule has 0 aliphatic rings. The smallest absolute Gasteiger partial charge is 0.211 e. The van der Waals surface area contributed by atoms with Crippen LogP contribution >= 0.6 is 11.6 Å². The lowest BCUT2D eigenvalue weighted by Crippen LogP contribution is -2.01. The van der Waals surface area contributed by atoms with Gasteiger partial charge in [-0.1, -0.05) is 24.6 Å². The van der Waals surface area contributed by atoms with Gasteiger partial charge in [-0.2, -0.15) is 0 Å². The fourth-order valence-electron chi connectivity index (χ4n) is 2.68. The number of hydrogen-bond donors (Lipinski definition) is 0. The monoisotopic (exact) mass is 400 g/mol. The summed E-state index contributed by atoms with van der Waals surface area (Å²) in [6, 6.07) is 7.27. The van der Waals surface area contributed by atoms with E-state index in [0.29, 0.717) is 47.5 Å². The SMILES string of the molecule is C#CCc1cc(OC)c(Oc2cc(CC=C)c(OCCC)cc2Cl)c(OC)c1. The number of ether oxygens (including phenoxy) is 4. The maximum atomic E-state index is 6.46. The summed E-state index contributed by atoms with van der Waals surface area (Å²) in [5.74, 6) is 5.27. The van der Waals surface area contributed by atoms with Crippen molar-refractivity contribution in [3.05, 3.63) is 53.1 Å². The standard InChI is InChI=1S/C23H25ClO4/c1-6-9-16-12-21(25-4)23(22(13-16)26-5)28-20-14-17(10-7-2)19(15-18(20)24)27-11-8-3/h1,7,12-15H,2,8-11H2,3-5H3. The summed E-state index contributed by atoms with van der Waals surface area (Å²) >= 11 is 6.46. The molecule has 0 saturated heterocycles. The summed E-state index contributed by atoms with van der Waals surface area (Å²) < 4.78 is 22.9. The zero-order valence-corrected chi connectivity index (χ0v) is 17.3. The highest BCUT2D eigenvalue weighted by Gasteiger charge is 2.18. The average Bonchev–Trinajstić information content (AvgIpc) is 2.70. The highest BCUT2D eigenvalue weighted by Crippen LogP contribution is 2.44. The molecule has 0 aliphatic heterocycles. The van der Waals surface area contributed by atoms with Crippen LogP contribution in [0.5, 0.6) is 28.7 Å². The molecule has 2 rings (SSSR count). The normalized spacial score (nSPS) is 10.1. The topological polar surface area (TPSA) is 36.9 Å². The fourth-order valence-corrected chi connectivity index (χ4v) is 2.87. The first-order chi connectivity index (χ1) is 13.6. The molecule has 4 nitrogen and oxygen atoms in total. The van der Waals surface area contributed by atoms with Gasteiger partial charge in [0.25, 0.3) is 0 Å². The van der Waals surface area contributed by atoms with Gasteiger partial charge in [0.1, 0.15) is 11.5 Å². The molecule has 0 heterocycles. The van der Waals surface area contributed by atoms with Gasteiger partial charge in [-0.05, 0) is 36.6 Å². The van der Waals surface area contributed by atoms with Crippen LogP contribution in [0.15, 0.2) is 36.9 Å². The van der Waals surface area contributed by atoms with Crippen molar-refractivity contribution < 1.29 is 18.9 Å². The van der Waals surface area contributed by atoms with E-state index in [-0.39, 0.29) is 0 Å². The van der Waals surface area contributed by atoms with Crippen LogP contribution < -0.4 is 18.9 Å². The third-order valence-corrected chi connectivity index (χ3v) is 4.27. The Hall–Kier alpha value is -2.77. The molecule has 0 aromatic heterocycles. The van der Waals surface area contributed by atoms with Gasteiger partial charge in [0, 0.05) is 18.1 Å². The second kappa shape index (κ2) is 10.5. The Labute approximate surface area is 172 Å². The molecule has 2 aromatic rings. The number of terminal acetylenes is 1. The maximum Gasteiger partial charge on any atom is 0.211 e. The first kappa shape index (κ1) is 21.5. The van der Waals surface area contributed by atoms with Crippen molar-refractivity contribution in [2.24, 2.45) is 0 Å². The van der Waals surface area contributed by atoms with Crippen LogP contribution in [0.1, 0.15) is 24.5 Å². The summed E-state index contributed by atoms with van der Waals surface area (Å²) in [6.45, 7) is 6.47. The first-order valence-corrected chi connectivity index (χ1v) is 9.38. The van der Waals surface area contributed by atoms with E-state index in [1.54, 1.807) is 20.3 Å². The highest BCUT2D eigenvalue weighted by molar-refractivity contribution is 6.32. The van der Waals surface area contributed by atoms with Crippen LogP contribution in [0.3, 0.4) is 0 Å². The third kappa shape index (κ3) is 5.15. The number of methoxy groups -OCH3 is 2. The van der Waals surface area contributed by atoms with Crippen LogP contribution in [0.4, 0.5) is 0 Å². The second-order valence-electron chi connectivity index (χ2n) is 6.04. The highest BCUT2D eigenvalue weighted by atomic mass is 35.5. The van der Waals surface area contributed by atoms with Gasteiger partial charge < -0.3 is 18.9 Å². The van der Waals surface area contributed by atoms with Gasteiger partial charge in [-0.3, -0.25) is 0 Å². The Bertz CT molecular complexity index is 843. The van der Waals surface area contributed by atoms with E-state index in [4.69, 9.17) is 37.0 Å². The molecule has 0 unspecified atom stereocenters. The second-order valence-corrected chi connectivity index (χ2v) is 6.45. The number of halogens is 1. The molecule has 148 valence electrons. The Morgan fingerprint density at radius 1 is 1.07 bits per heavy atom. The molecule has 0 spiro atoms. The molecule has 0 atom stereocenters. The molecule has 5 heteroatoms. The summed E-state index contributed by atoms with van der Waals surface area (Å²) in [5, 5.41) is 0.427. The molecule has 0 fully saturated rings. The molecular weight excluding hydrogens is 376 g/mol. The predicted molar refractivity (Wildman–Crippen MR) is 113 cm³/mol. The zero-order valence-electron chi connectivity index (χ0n) is 16.5. The van der Waals surface area contributed by atoms with E-state index < -0.39 is 0 Å².